The second-order valence-electron chi connectivity index (χ2n) is 6.44. The summed E-state index contributed by atoms with van der Waals surface area (Å²) < 4.78 is 5.54. The van der Waals surface area contributed by atoms with Crippen molar-refractivity contribution in [3.05, 3.63) is 36.0 Å². The van der Waals surface area contributed by atoms with Gasteiger partial charge in [0.15, 0.2) is 0 Å². The number of H-pyrrole nitrogens is 1. The van der Waals surface area contributed by atoms with Crippen LogP contribution in [0.15, 0.2) is 30.5 Å². The number of nitrogens with one attached hydrogen (secondary N) is 2. The molecule has 1 aromatic carbocycles. The standard InChI is InChI=1S/C19H19N3O3/c1-2-9-25-16-7-8-22-17(16)18(23)21-15(19(22)24)10-12-11-20-14-6-4-3-5-13(12)14/h1,3-6,11,15-17,20H,7-10H2,(H,21,23). The molecule has 2 aliphatic heterocycles. The monoisotopic (exact) mass is 337 g/mol. The summed E-state index contributed by atoms with van der Waals surface area (Å²) >= 11 is 0. The number of aromatic nitrogens is 1. The first kappa shape index (κ1) is 15.7. The van der Waals surface area contributed by atoms with Gasteiger partial charge in [-0.25, -0.2) is 0 Å². The predicted octanol–water partition coefficient (Wildman–Crippen LogP) is 0.828. The zero-order chi connectivity index (χ0) is 17.4. The molecule has 2 saturated heterocycles. The van der Waals surface area contributed by atoms with Crippen molar-refractivity contribution in [2.45, 2.75) is 31.0 Å². The van der Waals surface area contributed by atoms with Crippen LogP contribution in [0, 0.1) is 12.3 Å². The Bertz CT molecular complexity index is 866. The Kier molecular flexibility index (Phi) is 3.94. The van der Waals surface area contributed by atoms with Gasteiger partial charge in [0.05, 0.1) is 6.10 Å². The Morgan fingerprint density at radius 3 is 3.00 bits per heavy atom. The zero-order valence-electron chi connectivity index (χ0n) is 13.7. The highest BCUT2D eigenvalue weighted by Crippen LogP contribution is 2.27. The van der Waals surface area contributed by atoms with Gasteiger partial charge in [-0.2, -0.15) is 0 Å². The molecule has 2 fully saturated rings. The highest BCUT2D eigenvalue weighted by atomic mass is 16.5. The summed E-state index contributed by atoms with van der Waals surface area (Å²) in [5.41, 5.74) is 2.04. The van der Waals surface area contributed by atoms with Crippen molar-refractivity contribution in [1.29, 1.82) is 0 Å². The molecule has 2 aliphatic rings. The SMILES string of the molecule is C#CCOC1CCN2C(=O)C(Cc3c[nH]c4ccccc34)NC(=O)C12. The Labute approximate surface area is 145 Å². The Hall–Kier alpha value is -2.78. The quantitative estimate of drug-likeness (QED) is 0.812. The van der Waals surface area contributed by atoms with Crippen LogP contribution in [0.25, 0.3) is 10.9 Å². The van der Waals surface area contributed by atoms with Crippen LogP contribution in [0.5, 0.6) is 0 Å². The van der Waals surface area contributed by atoms with Gasteiger partial charge in [-0.15, -0.1) is 6.42 Å². The van der Waals surface area contributed by atoms with Crippen molar-refractivity contribution < 1.29 is 14.3 Å². The van der Waals surface area contributed by atoms with Crippen LogP contribution >= 0.6 is 0 Å². The van der Waals surface area contributed by atoms with Crippen molar-refractivity contribution >= 4 is 22.7 Å². The number of ether oxygens (including phenoxy) is 1. The molecule has 3 atom stereocenters. The molecule has 2 N–H and O–H groups in total. The van der Waals surface area contributed by atoms with Crippen molar-refractivity contribution in [3.63, 3.8) is 0 Å². The highest BCUT2D eigenvalue weighted by molar-refractivity contribution is 5.98. The van der Waals surface area contributed by atoms with Crippen LogP contribution in [0.2, 0.25) is 0 Å². The summed E-state index contributed by atoms with van der Waals surface area (Å²) in [4.78, 5) is 30.2. The second kappa shape index (κ2) is 6.26. The van der Waals surface area contributed by atoms with E-state index in [0.717, 1.165) is 16.5 Å². The van der Waals surface area contributed by atoms with Crippen LogP contribution < -0.4 is 5.32 Å². The molecular weight excluding hydrogens is 318 g/mol. The van der Waals surface area contributed by atoms with Crippen molar-refractivity contribution in [2.75, 3.05) is 13.2 Å². The normalized spacial score (nSPS) is 25.7. The van der Waals surface area contributed by atoms with Crippen LogP contribution in [0.1, 0.15) is 12.0 Å². The minimum absolute atomic E-state index is 0.0540. The number of amides is 2. The van der Waals surface area contributed by atoms with E-state index in [0.29, 0.717) is 19.4 Å². The van der Waals surface area contributed by atoms with Crippen LogP contribution in [0.4, 0.5) is 0 Å². The lowest BCUT2D eigenvalue weighted by atomic mass is 10.00. The topological polar surface area (TPSA) is 74.4 Å². The minimum atomic E-state index is -0.569. The van der Waals surface area contributed by atoms with Gasteiger partial charge in [-0.05, 0) is 18.1 Å². The van der Waals surface area contributed by atoms with Gasteiger partial charge in [0.2, 0.25) is 11.8 Å². The number of carbonyl (C=O) groups is 2. The predicted molar refractivity (Wildman–Crippen MR) is 92.6 cm³/mol. The largest absolute Gasteiger partial charge is 0.363 e. The molecule has 0 radical (unpaired) electrons. The molecule has 2 aromatic rings. The van der Waals surface area contributed by atoms with E-state index in [2.05, 4.69) is 16.2 Å². The second-order valence-corrected chi connectivity index (χ2v) is 6.44. The Morgan fingerprint density at radius 2 is 2.16 bits per heavy atom. The number of fused-ring (bicyclic) bond motifs is 2. The third kappa shape index (κ3) is 2.67. The number of rotatable bonds is 4. The van der Waals surface area contributed by atoms with E-state index >= 15 is 0 Å². The smallest absolute Gasteiger partial charge is 0.246 e. The molecule has 0 spiro atoms. The molecule has 6 heteroatoms. The summed E-state index contributed by atoms with van der Waals surface area (Å²) in [7, 11) is 0. The van der Waals surface area contributed by atoms with E-state index < -0.39 is 12.1 Å². The van der Waals surface area contributed by atoms with Crippen LogP contribution in [-0.2, 0) is 20.7 Å². The maximum atomic E-state index is 12.8. The fourth-order valence-corrected chi connectivity index (χ4v) is 3.83. The summed E-state index contributed by atoms with van der Waals surface area (Å²) in [5.74, 6) is 2.19. The number of nitrogens with zero attached hydrogens (tertiary/aromatic N) is 1. The fourth-order valence-electron chi connectivity index (χ4n) is 3.83. The molecule has 1 aromatic heterocycles. The highest BCUT2D eigenvalue weighted by Gasteiger charge is 2.48. The lowest BCUT2D eigenvalue weighted by Gasteiger charge is -2.36. The minimum Gasteiger partial charge on any atom is -0.363 e. The van der Waals surface area contributed by atoms with Gasteiger partial charge in [-0.3, -0.25) is 9.59 Å². The van der Waals surface area contributed by atoms with E-state index in [9.17, 15) is 9.59 Å². The average Bonchev–Trinajstić information content (AvgIpc) is 3.22. The van der Waals surface area contributed by atoms with E-state index in [1.165, 1.54) is 0 Å². The molecule has 128 valence electrons. The zero-order valence-corrected chi connectivity index (χ0v) is 13.7. The van der Waals surface area contributed by atoms with Gasteiger partial charge in [0, 0.05) is 30.1 Å². The molecule has 0 bridgehead atoms. The lowest BCUT2D eigenvalue weighted by molar-refractivity contribution is -0.150. The van der Waals surface area contributed by atoms with E-state index in [1.807, 2.05) is 30.5 Å². The van der Waals surface area contributed by atoms with Crippen molar-refractivity contribution in [2.24, 2.45) is 0 Å². The van der Waals surface area contributed by atoms with E-state index in [1.54, 1.807) is 4.90 Å². The molecular formula is C19H19N3O3. The number of piperazine rings is 1. The molecule has 0 saturated carbocycles. The molecule has 2 amide bonds. The maximum absolute atomic E-state index is 12.8. The van der Waals surface area contributed by atoms with Crippen molar-refractivity contribution in [3.8, 4) is 12.3 Å². The molecule has 3 heterocycles. The third-order valence-electron chi connectivity index (χ3n) is 4.99. The van der Waals surface area contributed by atoms with Crippen molar-refractivity contribution in [1.82, 2.24) is 15.2 Å². The first-order chi connectivity index (χ1) is 12.2. The first-order valence-electron chi connectivity index (χ1n) is 8.40. The first-order valence-corrected chi connectivity index (χ1v) is 8.40. The van der Waals surface area contributed by atoms with Gasteiger partial charge < -0.3 is 19.9 Å². The average molecular weight is 337 g/mol. The number of terminal acetylenes is 1. The van der Waals surface area contributed by atoms with Crippen LogP contribution in [0.3, 0.4) is 0 Å². The number of carbonyl (C=O) groups excluding carboxylic acids is 2. The molecule has 6 nitrogen and oxygen atoms in total. The Morgan fingerprint density at radius 1 is 1.32 bits per heavy atom. The maximum Gasteiger partial charge on any atom is 0.246 e. The van der Waals surface area contributed by atoms with Gasteiger partial charge >= 0.3 is 0 Å². The molecule has 3 unspecified atom stereocenters. The summed E-state index contributed by atoms with van der Waals surface area (Å²) in [6, 6.07) is 6.81. The van der Waals surface area contributed by atoms with Gasteiger partial charge in [0.25, 0.3) is 0 Å². The van der Waals surface area contributed by atoms with E-state index in [-0.39, 0.29) is 24.5 Å². The molecule has 4 rings (SSSR count). The van der Waals surface area contributed by atoms with Gasteiger partial charge in [0.1, 0.15) is 18.7 Å². The van der Waals surface area contributed by atoms with E-state index in [4.69, 9.17) is 11.2 Å². The van der Waals surface area contributed by atoms with Gasteiger partial charge in [-0.1, -0.05) is 24.1 Å². The lowest BCUT2D eigenvalue weighted by Crippen LogP contribution is -2.64. The van der Waals surface area contributed by atoms with Crippen LogP contribution in [-0.4, -0.2) is 53.0 Å². The summed E-state index contributed by atoms with van der Waals surface area (Å²) in [5, 5.41) is 3.94. The molecule has 25 heavy (non-hydrogen) atoms. The fraction of sp³-hybridized carbons (Fsp3) is 0.368. The number of para-hydroxylation sites is 1. The number of hydrogen-bond donors (Lipinski definition) is 2. The summed E-state index contributed by atoms with van der Waals surface area (Å²) in [6.45, 7) is 0.672. The Balaban J connectivity index is 1.53. The third-order valence-corrected chi connectivity index (χ3v) is 4.99. The number of benzene rings is 1. The number of hydrogen-bond acceptors (Lipinski definition) is 3. The molecule has 0 aliphatic carbocycles. The summed E-state index contributed by atoms with van der Waals surface area (Å²) in [6.07, 6.45) is 7.89. The number of aromatic amines is 1.